The van der Waals surface area contributed by atoms with Crippen molar-refractivity contribution in [2.24, 2.45) is 5.73 Å². The zero-order valence-corrected chi connectivity index (χ0v) is 11.0. The highest BCUT2D eigenvalue weighted by molar-refractivity contribution is 6.00. The van der Waals surface area contributed by atoms with Crippen molar-refractivity contribution in [3.05, 3.63) is 5.56 Å². The summed E-state index contributed by atoms with van der Waals surface area (Å²) < 4.78 is 0. The van der Waals surface area contributed by atoms with E-state index in [0.29, 0.717) is 0 Å². The molecule has 0 radical (unpaired) electrons. The first-order valence-electron chi connectivity index (χ1n) is 5.76. The molecule has 0 aliphatic heterocycles. The van der Waals surface area contributed by atoms with E-state index in [9.17, 15) is 45.6 Å². The molecule has 12 nitrogen and oxygen atoms in total. The zero-order chi connectivity index (χ0) is 17.9. The maximum atomic E-state index is 10.9. The Morgan fingerprint density at radius 3 is 1.87 bits per heavy atom. The Morgan fingerprint density at radius 2 is 1.39 bits per heavy atom. The number of carboxylic acid groups (broad SMARTS) is 1. The lowest BCUT2D eigenvalue weighted by atomic mass is 9.93. The fraction of sp³-hybridized carbons (Fsp3) is 0.182. The van der Waals surface area contributed by atoms with Gasteiger partial charge in [-0.2, -0.15) is 0 Å². The van der Waals surface area contributed by atoms with Gasteiger partial charge in [-0.15, -0.1) is 0 Å². The van der Waals surface area contributed by atoms with Crippen molar-refractivity contribution in [3.8, 4) is 28.9 Å². The summed E-state index contributed by atoms with van der Waals surface area (Å²) in [6, 6.07) is 0. The third-order valence-corrected chi connectivity index (χ3v) is 3.33. The number of aromatic hydroxyl groups is 5. The molecule has 0 spiro atoms. The molecule has 1 aromatic carbocycles. The molecule has 2 rings (SSSR count). The van der Waals surface area contributed by atoms with Crippen molar-refractivity contribution in [3.63, 3.8) is 0 Å². The molecule has 1 atom stereocenters. The average molecular weight is 332 g/mol. The van der Waals surface area contributed by atoms with Crippen molar-refractivity contribution in [1.29, 1.82) is 0 Å². The molecule has 12 heteroatoms. The zero-order valence-electron chi connectivity index (χ0n) is 11.0. The van der Waals surface area contributed by atoms with Crippen LogP contribution in [-0.4, -0.2) is 62.6 Å². The predicted octanol–water partition coefficient (Wildman–Crippen LogP) is -2.43. The number of rotatable bonds is 3. The van der Waals surface area contributed by atoms with Gasteiger partial charge in [0.2, 0.25) is 11.5 Å². The number of aliphatic hydroxyl groups is 3. The second-order valence-electron chi connectivity index (χ2n) is 4.74. The third kappa shape index (κ3) is 1.90. The van der Waals surface area contributed by atoms with E-state index in [1.165, 1.54) is 0 Å². The Bertz CT molecular complexity index is 822. The van der Waals surface area contributed by atoms with Crippen LogP contribution in [0.25, 0.3) is 10.9 Å². The second-order valence-corrected chi connectivity index (χ2v) is 4.74. The summed E-state index contributed by atoms with van der Waals surface area (Å²) in [7, 11) is 0. The number of benzene rings is 1. The number of carbonyl (C=O) groups is 1. The molecular formula is C11H12N2O10. The Labute approximate surface area is 125 Å². The smallest absolute Gasteiger partial charge is 0.357 e. The standard InChI is InChI=1S/C11H12N2O10/c12-10(21,9(19)20)11(22,23)2-1-3(13-8(2)18)5(15)7(17)6(16)4(1)14/h13-18,21-23H,12H2,(H,19,20). The first kappa shape index (κ1) is 16.4. The summed E-state index contributed by atoms with van der Waals surface area (Å²) in [6.45, 7) is 0. The summed E-state index contributed by atoms with van der Waals surface area (Å²) in [6.07, 6.45) is 0. The highest BCUT2D eigenvalue weighted by Crippen LogP contribution is 2.53. The number of nitrogens with two attached hydrogens (primary N) is 1. The number of aliphatic carboxylic acids is 1. The molecule has 0 fully saturated rings. The maximum Gasteiger partial charge on any atom is 0.357 e. The SMILES string of the molecule is NC(O)(C(=O)O)C(O)(O)c1c(O)[nH]c2c(O)c(O)c(O)c(O)c12. The fourth-order valence-corrected chi connectivity index (χ4v) is 2.04. The highest BCUT2D eigenvalue weighted by atomic mass is 16.5. The van der Waals surface area contributed by atoms with Gasteiger partial charge in [0, 0.05) is 0 Å². The van der Waals surface area contributed by atoms with Crippen molar-refractivity contribution in [2.75, 3.05) is 0 Å². The number of carboxylic acids is 1. The number of hydrogen-bond donors (Lipinski definition) is 11. The van der Waals surface area contributed by atoms with Gasteiger partial charge in [-0.25, -0.2) is 4.79 Å². The number of aromatic amines is 1. The van der Waals surface area contributed by atoms with Gasteiger partial charge in [-0.05, 0) is 0 Å². The number of fused-ring (bicyclic) bond motifs is 1. The van der Waals surface area contributed by atoms with E-state index in [1.54, 1.807) is 0 Å². The van der Waals surface area contributed by atoms with Crippen LogP contribution in [0.1, 0.15) is 5.56 Å². The first-order valence-corrected chi connectivity index (χ1v) is 5.76. The lowest BCUT2D eigenvalue weighted by molar-refractivity contribution is -0.279. The van der Waals surface area contributed by atoms with Crippen LogP contribution in [0.5, 0.6) is 28.9 Å². The van der Waals surface area contributed by atoms with Gasteiger partial charge in [0.15, 0.2) is 17.4 Å². The molecule has 0 aliphatic rings. The van der Waals surface area contributed by atoms with Crippen LogP contribution in [0, 0.1) is 0 Å². The van der Waals surface area contributed by atoms with E-state index in [4.69, 9.17) is 10.8 Å². The maximum absolute atomic E-state index is 10.9. The summed E-state index contributed by atoms with van der Waals surface area (Å²) in [5, 5.41) is 85.2. The van der Waals surface area contributed by atoms with Gasteiger partial charge in [0.1, 0.15) is 0 Å². The Hall–Kier alpha value is -2.93. The van der Waals surface area contributed by atoms with E-state index in [2.05, 4.69) is 0 Å². The van der Waals surface area contributed by atoms with Gasteiger partial charge in [-0.1, -0.05) is 0 Å². The Morgan fingerprint density at radius 1 is 0.913 bits per heavy atom. The molecule has 1 aromatic heterocycles. The van der Waals surface area contributed by atoms with Gasteiger partial charge in [0.25, 0.3) is 11.5 Å². The van der Waals surface area contributed by atoms with E-state index >= 15 is 0 Å². The predicted molar refractivity (Wildman–Crippen MR) is 69.5 cm³/mol. The molecule has 0 aliphatic carbocycles. The number of H-pyrrole nitrogens is 1. The highest BCUT2D eigenvalue weighted by Gasteiger charge is 2.56. The van der Waals surface area contributed by atoms with Crippen LogP contribution in [0.4, 0.5) is 0 Å². The van der Waals surface area contributed by atoms with Gasteiger partial charge < -0.3 is 50.9 Å². The van der Waals surface area contributed by atoms with Crippen LogP contribution in [0.15, 0.2) is 0 Å². The van der Waals surface area contributed by atoms with E-state index in [1.807, 2.05) is 4.98 Å². The minimum absolute atomic E-state index is 0.695. The summed E-state index contributed by atoms with van der Waals surface area (Å²) in [4.78, 5) is 12.8. The van der Waals surface area contributed by atoms with Crippen LogP contribution in [0.3, 0.4) is 0 Å². The quantitative estimate of drug-likeness (QED) is 0.160. The van der Waals surface area contributed by atoms with Crippen molar-refractivity contribution < 1.29 is 50.8 Å². The van der Waals surface area contributed by atoms with Crippen molar-refractivity contribution in [2.45, 2.75) is 11.5 Å². The molecule has 0 amide bonds. The molecule has 1 unspecified atom stereocenters. The lowest BCUT2D eigenvalue weighted by Crippen LogP contribution is -2.63. The largest absolute Gasteiger partial charge is 0.504 e. The first-order chi connectivity index (χ1) is 10.4. The normalized spacial score (nSPS) is 14.8. The van der Waals surface area contributed by atoms with Crippen LogP contribution < -0.4 is 5.73 Å². The van der Waals surface area contributed by atoms with Crippen LogP contribution in [0.2, 0.25) is 0 Å². The van der Waals surface area contributed by atoms with E-state index in [0.717, 1.165) is 0 Å². The van der Waals surface area contributed by atoms with Gasteiger partial charge in [-0.3, -0.25) is 5.73 Å². The monoisotopic (exact) mass is 332 g/mol. The molecule has 2 aromatic rings. The van der Waals surface area contributed by atoms with Crippen molar-refractivity contribution in [1.82, 2.24) is 4.98 Å². The molecular weight excluding hydrogens is 320 g/mol. The van der Waals surface area contributed by atoms with Crippen LogP contribution >= 0.6 is 0 Å². The summed E-state index contributed by atoms with van der Waals surface area (Å²) >= 11 is 0. The molecule has 23 heavy (non-hydrogen) atoms. The summed E-state index contributed by atoms with van der Waals surface area (Å²) in [5.41, 5.74) is -0.792. The summed E-state index contributed by atoms with van der Waals surface area (Å²) in [5.74, 6) is -12.3. The van der Waals surface area contributed by atoms with E-state index < -0.39 is 62.8 Å². The molecule has 0 saturated heterocycles. The Kier molecular flexibility index (Phi) is 3.24. The molecule has 12 N–H and O–H groups in total. The third-order valence-electron chi connectivity index (χ3n) is 3.33. The Balaban J connectivity index is 2.97. The molecule has 0 saturated carbocycles. The lowest BCUT2D eigenvalue weighted by Gasteiger charge is -2.32. The number of nitrogens with one attached hydrogen (secondary N) is 1. The van der Waals surface area contributed by atoms with Gasteiger partial charge >= 0.3 is 5.97 Å². The van der Waals surface area contributed by atoms with Crippen LogP contribution in [-0.2, 0) is 10.6 Å². The van der Waals surface area contributed by atoms with Crippen molar-refractivity contribution >= 4 is 16.9 Å². The molecule has 126 valence electrons. The minimum Gasteiger partial charge on any atom is -0.504 e. The number of hydrogen-bond acceptors (Lipinski definition) is 10. The topological polar surface area (TPSA) is 241 Å². The van der Waals surface area contributed by atoms with Gasteiger partial charge in [0.05, 0.1) is 16.5 Å². The molecule has 0 bridgehead atoms. The second kappa shape index (κ2) is 4.53. The minimum atomic E-state index is -3.88. The fourth-order valence-electron chi connectivity index (χ4n) is 2.04. The number of phenolic OH excluding ortho intramolecular Hbond substituents is 4. The number of aromatic nitrogens is 1. The number of phenols is 4. The average Bonchev–Trinajstić information content (AvgIpc) is 2.80. The van der Waals surface area contributed by atoms with E-state index in [-0.39, 0.29) is 0 Å². The molecule has 1 heterocycles.